The van der Waals surface area contributed by atoms with E-state index in [2.05, 4.69) is 26.0 Å². The summed E-state index contributed by atoms with van der Waals surface area (Å²) in [6.07, 6.45) is 35.2. The summed E-state index contributed by atoms with van der Waals surface area (Å²) >= 11 is 0. The first-order valence-corrected chi connectivity index (χ1v) is 21.2. The van der Waals surface area contributed by atoms with Crippen molar-refractivity contribution in [2.75, 3.05) is 47.5 Å². The highest BCUT2D eigenvalue weighted by Gasteiger charge is 2.21. The summed E-state index contributed by atoms with van der Waals surface area (Å²) < 4.78 is 33.5. The summed E-state index contributed by atoms with van der Waals surface area (Å²) in [6.45, 7) is 4.03. The highest BCUT2D eigenvalue weighted by atomic mass is 31.2. The summed E-state index contributed by atoms with van der Waals surface area (Å²) in [4.78, 5) is 37.2. The van der Waals surface area contributed by atoms with Gasteiger partial charge >= 0.3 is 11.9 Å². The van der Waals surface area contributed by atoms with Gasteiger partial charge in [0.25, 0.3) is 7.82 Å². The molecule has 0 rings (SSSR count). The van der Waals surface area contributed by atoms with Crippen LogP contribution in [0.3, 0.4) is 0 Å². The lowest BCUT2D eigenvalue weighted by molar-refractivity contribution is -0.870. The molecule has 0 aliphatic rings. The molecule has 0 fully saturated rings. The summed E-state index contributed by atoms with van der Waals surface area (Å²) in [7, 11) is 1.11. The molecule has 50 heavy (non-hydrogen) atoms. The van der Waals surface area contributed by atoms with Gasteiger partial charge in [0, 0.05) is 12.5 Å². The summed E-state index contributed by atoms with van der Waals surface area (Å²) in [6, 6.07) is 0. The number of likely N-dealkylation sites (N-methyl/N-ethyl adjacent to an activating group) is 1. The van der Waals surface area contributed by atoms with Crippen LogP contribution in [0, 0.1) is 0 Å². The average molecular weight is 728 g/mol. The Kier molecular flexibility index (Phi) is 31.9. The van der Waals surface area contributed by atoms with E-state index in [-0.39, 0.29) is 19.6 Å². The van der Waals surface area contributed by atoms with Crippen molar-refractivity contribution in [3.8, 4) is 0 Å². The number of rotatable bonds is 35. The number of unbranched alkanes of at least 4 members (excludes halogenated alkanes) is 18. The first kappa shape index (κ1) is 48.2. The molecular formula is C40H74NO8P. The van der Waals surface area contributed by atoms with E-state index in [0.717, 1.165) is 51.4 Å². The predicted molar refractivity (Wildman–Crippen MR) is 204 cm³/mol. The number of carbonyl (C=O) groups is 2. The fourth-order valence-electron chi connectivity index (χ4n) is 5.08. The average Bonchev–Trinajstić information content (AvgIpc) is 3.06. The van der Waals surface area contributed by atoms with Crippen molar-refractivity contribution in [1.29, 1.82) is 0 Å². The topological polar surface area (TPSA) is 111 Å². The minimum absolute atomic E-state index is 0.0452. The Labute approximate surface area is 306 Å². The second-order valence-corrected chi connectivity index (χ2v) is 15.8. The number of ether oxygens (including phenoxy) is 2. The predicted octanol–water partition coefficient (Wildman–Crippen LogP) is 9.94. The molecule has 10 heteroatoms. The Bertz CT molecular complexity index is 959. The van der Waals surface area contributed by atoms with Crippen molar-refractivity contribution < 1.29 is 42.1 Å². The van der Waals surface area contributed by atoms with Gasteiger partial charge in [-0.15, -0.1) is 0 Å². The Morgan fingerprint density at radius 1 is 0.660 bits per heavy atom. The first-order valence-electron chi connectivity index (χ1n) is 19.7. The molecule has 0 aliphatic carbocycles. The van der Waals surface area contributed by atoms with Gasteiger partial charge in [0.2, 0.25) is 0 Å². The van der Waals surface area contributed by atoms with Crippen LogP contribution in [0.2, 0.25) is 0 Å². The molecule has 0 aromatic carbocycles. The largest absolute Gasteiger partial charge is 0.756 e. The minimum Gasteiger partial charge on any atom is -0.756 e. The summed E-state index contributed by atoms with van der Waals surface area (Å²) in [5.74, 6) is -1.10. The van der Waals surface area contributed by atoms with Crippen LogP contribution in [-0.4, -0.2) is 70.0 Å². The standard InChI is InChI=1S/C40H74NO8P/c1-6-8-10-12-14-16-18-19-20-21-23-24-26-28-30-32-39(42)46-36-38(37-48-50(44,45)47-35-34-41(3,4)5)49-40(43)33-31-29-27-25-22-17-15-13-11-9-7-2/h13,15,26,28,30,32,38H,6-12,14,16-25,27,29,31,33-37H2,1-5H3/b15-13+,28-26+,32-30+/t38-/m1/s1. The number of hydrogen-bond acceptors (Lipinski definition) is 8. The molecule has 292 valence electrons. The molecule has 1 unspecified atom stereocenters. The van der Waals surface area contributed by atoms with Crippen LogP contribution in [-0.2, 0) is 32.7 Å². The highest BCUT2D eigenvalue weighted by Crippen LogP contribution is 2.38. The first-order chi connectivity index (χ1) is 24.0. The molecule has 0 aliphatic heterocycles. The number of phosphoric acid groups is 1. The number of esters is 2. The van der Waals surface area contributed by atoms with Gasteiger partial charge in [0.05, 0.1) is 27.7 Å². The number of phosphoric ester groups is 1. The van der Waals surface area contributed by atoms with Crippen LogP contribution in [0.25, 0.3) is 0 Å². The molecule has 0 bridgehead atoms. The Balaban J connectivity index is 4.53. The Morgan fingerprint density at radius 3 is 1.76 bits per heavy atom. The third-order valence-electron chi connectivity index (χ3n) is 8.24. The molecule has 0 N–H and O–H groups in total. The maximum atomic E-state index is 12.6. The van der Waals surface area contributed by atoms with E-state index < -0.39 is 32.5 Å². The van der Waals surface area contributed by atoms with Crippen molar-refractivity contribution in [1.82, 2.24) is 0 Å². The quantitative estimate of drug-likeness (QED) is 0.0121. The van der Waals surface area contributed by atoms with E-state index in [4.69, 9.17) is 18.5 Å². The minimum atomic E-state index is -4.64. The van der Waals surface area contributed by atoms with Crippen LogP contribution in [0.1, 0.15) is 155 Å². The number of allylic oxidation sites excluding steroid dienone is 5. The lowest BCUT2D eigenvalue weighted by Crippen LogP contribution is -2.37. The molecule has 0 saturated heterocycles. The monoisotopic (exact) mass is 728 g/mol. The van der Waals surface area contributed by atoms with Gasteiger partial charge in [0.15, 0.2) is 6.10 Å². The molecule has 9 nitrogen and oxygen atoms in total. The second kappa shape index (κ2) is 33.1. The van der Waals surface area contributed by atoms with E-state index in [9.17, 15) is 19.0 Å². The zero-order valence-corrected chi connectivity index (χ0v) is 33.5. The summed E-state index contributed by atoms with van der Waals surface area (Å²) in [5.41, 5.74) is 0. The highest BCUT2D eigenvalue weighted by molar-refractivity contribution is 7.45. The van der Waals surface area contributed by atoms with E-state index in [1.54, 1.807) is 6.08 Å². The van der Waals surface area contributed by atoms with Crippen LogP contribution in [0.5, 0.6) is 0 Å². The summed E-state index contributed by atoms with van der Waals surface area (Å²) in [5, 5.41) is 0. The van der Waals surface area contributed by atoms with Crippen molar-refractivity contribution in [2.45, 2.75) is 161 Å². The molecular weight excluding hydrogens is 653 g/mol. The van der Waals surface area contributed by atoms with Crippen LogP contribution in [0.15, 0.2) is 36.5 Å². The zero-order chi connectivity index (χ0) is 37.2. The van der Waals surface area contributed by atoms with Crippen LogP contribution >= 0.6 is 7.82 Å². The lowest BCUT2D eigenvalue weighted by atomic mass is 10.1. The van der Waals surface area contributed by atoms with Crippen molar-refractivity contribution in [2.24, 2.45) is 0 Å². The number of carbonyl (C=O) groups excluding carboxylic acids is 2. The maximum absolute atomic E-state index is 12.6. The van der Waals surface area contributed by atoms with Crippen LogP contribution in [0.4, 0.5) is 0 Å². The van der Waals surface area contributed by atoms with E-state index in [1.807, 2.05) is 33.3 Å². The molecule has 0 saturated carbocycles. The van der Waals surface area contributed by atoms with Crippen LogP contribution < -0.4 is 4.89 Å². The van der Waals surface area contributed by atoms with E-state index in [0.29, 0.717) is 17.4 Å². The normalized spacial score (nSPS) is 14.1. The van der Waals surface area contributed by atoms with Crippen molar-refractivity contribution in [3.05, 3.63) is 36.5 Å². The number of quaternary nitrogens is 1. The Hall–Kier alpha value is -1.77. The second-order valence-electron chi connectivity index (χ2n) is 14.4. The van der Waals surface area contributed by atoms with E-state index >= 15 is 0 Å². The van der Waals surface area contributed by atoms with Gasteiger partial charge in [-0.25, -0.2) is 4.79 Å². The van der Waals surface area contributed by atoms with Gasteiger partial charge in [0.1, 0.15) is 19.8 Å². The molecule has 0 amide bonds. The molecule has 0 aromatic heterocycles. The van der Waals surface area contributed by atoms with Crippen molar-refractivity contribution in [3.63, 3.8) is 0 Å². The van der Waals surface area contributed by atoms with Gasteiger partial charge in [-0.2, -0.15) is 0 Å². The maximum Gasteiger partial charge on any atom is 0.330 e. The smallest absolute Gasteiger partial charge is 0.330 e. The lowest BCUT2D eigenvalue weighted by Gasteiger charge is -2.28. The fraction of sp³-hybridized carbons (Fsp3) is 0.800. The van der Waals surface area contributed by atoms with Gasteiger partial charge in [-0.05, 0) is 38.5 Å². The molecule has 2 atom stereocenters. The molecule has 0 heterocycles. The number of nitrogens with zero attached hydrogens (tertiary/aromatic N) is 1. The SMILES string of the molecule is CCCC/C=C/CCCCCCCC(=O)O[C@H](COC(=O)/C=C/C=C/CCCCCCCCCCCCC)COP(=O)([O-])OCC[N+](C)(C)C. The third kappa shape index (κ3) is 36.0. The van der Waals surface area contributed by atoms with Gasteiger partial charge < -0.3 is 27.9 Å². The van der Waals surface area contributed by atoms with Gasteiger partial charge in [-0.3, -0.25) is 9.36 Å². The van der Waals surface area contributed by atoms with Gasteiger partial charge in [-0.1, -0.05) is 141 Å². The molecule has 0 radical (unpaired) electrons. The van der Waals surface area contributed by atoms with E-state index in [1.165, 1.54) is 83.1 Å². The van der Waals surface area contributed by atoms with Crippen molar-refractivity contribution >= 4 is 19.8 Å². The fourth-order valence-corrected chi connectivity index (χ4v) is 5.81. The molecule has 0 aromatic rings. The Morgan fingerprint density at radius 2 is 1.18 bits per heavy atom. The third-order valence-corrected chi connectivity index (χ3v) is 9.20. The zero-order valence-electron chi connectivity index (χ0n) is 32.6. The molecule has 0 spiro atoms. The number of hydrogen-bond donors (Lipinski definition) is 0.